The van der Waals surface area contributed by atoms with E-state index in [4.69, 9.17) is 20.5 Å². The molecule has 2 rings (SSSR count). The van der Waals surface area contributed by atoms with Gasteiger partial charge in [-0.2, -0.15) is 5.26 Å². The van der Waals surface area contributed by atoms with Crippen molar-refractivity contribution in [2.45, 2.75) is 6.23 Å². The van der Waals surface area contributed by atoms with Gasteiger partial charge in [-0.15, -0.1) is 0 Å². The van der Waals surface area contributed by atoms with Gasteiger partial charge in [0.1, 0.15) is 5.75 Å². The Hall–Kier alpha value is -2.10. The van der Waals surface area contributed by atoms with Crippen LogP contribution in [0.5, 0.6) is 5.75 Å². The number of nitrogens with one attached hydrogen (secondary N) is 1. The van der Waals surface area contributed by atoms with E-state index in [2.05, 4.69) is 10.3 Å². The van der Waals surface area contributed by atoms with Crippen LogP contribution in [0.2, 0.25) is 0 Å². The molecule has 0 amide bonds. The van der Waals surface area contributed by atoms with Crippen LogP contribution in [0, 0.1) is 11.3 Å². The lowest BCUT2D eigenvalue weighted by atomic mass is 10.2. The highest BCUT2D eigenvalue weighted by Gasteiger charge is 2.15. The van der Waals surface area contributed by atoms with Crippen molar-refractivity contribution in [3.8, 4) is 11.8 Å². The molecule has 1 aliphatic rings. The summed E-state index contributed by atoms with van der Waals surface area (Å²) in [4.78, 5) is 4.10. The summed E-state index contributed by atoms with van der Waals surface area (Å²) in [6, 6.07) is 5.31. The van der Waals surface area contributed by atoms with Crippen molar-refractivity contribution in [1.82, 2.24) is 10.3 Å². The second kappa shape index (κ2) is 5.30. The summed E-state index contributed by atoms with van der Waals surface area (Å²) in [6.45, 7) is 1.01. The van der Waals surface area contributed by atoms with Crippen molar-refractivity contribution in [3.05, 3.63) is 30.1 Å². The molecular formula is C11H12N4O2. The van der Waals surface area contributed by atoms with Crippen molar-refractivity contribution < 1.29 is 9.47 Å². The Kier molecular flexibility index (Phi) is 3.55. The highest BCUT2D eigenvalue weighted by molar-refractivity contribution is 5.61. The van der Waals surface area contributed by atoms with E-state index in [0.717, 1.165) is 0 Å². The second-order valence-electron chi connectivity index (χ2n) is 3.43. The summed E-state index contributed by atoms with van der Waals surface area (Å²) in [5, 5.41) is 11.5. The van der Waals surface area contributed by atoms with Crippen LogP contribution >= 0.6 is 0 Å². The molecular weight excluding hydrogens is 220 g/mol. The zero-order valence-corrected chi connectivity index (χ0v) is 9.09. The first-order valence-electron chi connectivity index (χ1n) is 5.09. The van der Waals surface area contributed by atoms with Crippen LogP contribution < -0.4 is 15.8 Å². The first-order valence-corrected chi connectivity index (χ1v) is 5.09. The molecule has 0 aliphatic carbocycles. The zero-order chi connectivity index (χ0) is 12.1. The Labute approximate surface area is 98.7 Å². The molecule has 1 fully saturated rings. The molecule has 2 heterocycles. The lowest BCUT2D eigenvalue weighted by molar-refractivity contribution is 0.139. The van der Waals surface area contributed by atoms with Crippen molar-refractivity contribution >= 4 is 5.70 Å². The number of rotatable bonds is 3. The van der Waals surface area contributed by atoms with Gasteiger partial charge >= 0.3 is 0 Å². The molecule has 6 nitrogen and oxygen atoms in total. The van der Waals surface area contributed by atoms with Crippen LogP contribution in [0.3, 0.4) is 0 Å². The summed E-state index contributed by atoms with van der Waals surface area (Å²) in [7, 11) is 0. The SMILES string of the molecule is N#C/C=C(\N)c1ccc(OC2COCN2)cn1. The summed E-state index contributed by atoms with van der Waals surface area (Å²) < 4.78 is 10.6. The number of hydrogen-bond acceptors (Lipinski definition) is 6. The van der Waals surface area contributed by atoms with Gasteiger partial charge in [-0.1, -0.05) is 0 Å². The molecule has 6 heteroatoms. The summed E-state index contributed by atoms with van der Waals surface area (Å²) in [6.07, 6.45) is 2.66. The highest BCUT2D eigenvalue weighted by atomic mass is 16.6. The Bertz CT molecular complexity index is 444. The van der Waals surface area contributed by atoms with E-state index in [1.807, 2.05) is 6.07 Å². The number of ether oxygens (including phenoxy) is 2. The smallest absolute Gasteiger partial charge is 0.175 e. The van der Waals surface area contributed by atoms with E-state index in [-0.39, 0.29) is 6.23 Å². The fourth-order valence-electron chi connectivity index (χ4n) is 1.38. The molecule has 88 valence electrons. The fraction of sp³-hybridized carbons (Fsp3) is 0.273. The van der Waals surface area contributed by atoms with E-state index < -0.39 is 0 Å². The molecule has 0 saturated carbocycles. The van der Waals surface area contributed by atoms with E-state index in [1.54, 1.807) is 18.3 Å². The van der Waals surface area contributed by atoms with Crippen LogP contribution in [-0.4, -0.2) is 24.5 Å². The third-order valence-corrected chi connectivity index (χ3v) is 2.21. The zero-order valence-electron chi connectivity index (χ0n) is 9.09. The quantitative estimate of drug-likeness (QED) is 0.722. The van der Waals surface area contributed by atoms with Gasteiger partial charge in [0.2, 0.25) is 0 Å². The molecule has 0 bridgehead atoms. The molecule has 1 saturated heterocycles. The number of nitriles is 1. The number of aromatic nitrogens is 1. The van der Waals surface area contributed by atoms with Gasteiger partial charge in [-0.3, -0.25) is 10.3 Å². The number of nitrogens with zero attached hydrogens (tertiary/aromatic N) is 2. The first kappa shape index (κ1) is 11.4. The predicted octanol–water partition coefficient (Wildman–Crippen LogP) is 0.187. The molecule has 1 atom stereocenters. The average Bonchev–Trinajstić information content (AvgIpc) is 2.83. The Balaban J connectivity index is 2.02. The maximum absolute atomic E-state index is 8.46. The second-order valence-corrected chi connectivity index (χ2v) is 3.43. The standard InChI is InChI=1S/C11H12N4O2/c12-4-3-9(13)10-2-1-8(5-14-10)17-11-6-16-7-15-11/h1-3,5,11,15H,6-7,13H2/b9-3-. The molecule has 0 radical (unpaired) electrons. The van der Waals surface area contributed by atoms with E-state index >= 15 is 0 Å². The number of nitrogens with two attached hydrogens (primary N) is 1. The van der Waals surface area contributed by atoms with Crippen molar-refractivity contribution in [1.29, 1.82) is 5.26 Å². The van der Waals surface area contributed by atoms with Gasteiger partial charge < -0.3 is 15.2 Å². The van der Waals surface area contributed by atoms with Crippen molar-refractivity contribution in [2.75, 3.05) is 13.3 Å². The minimum Gasteiger partial charge on any atom is -0.471 e. The van der Waals surface area contributed by atoms with Crippen molar-refractivity contribution in [2.24, 2.45) is 5.73 Å². The molecule has 1 aromatic heterocycles. The minimum atomic E-state index is -0.144. The molecule has 3 N–H and O–H groups in total. The topological polar surface area (TPSA) is 93.2 Å². The number of pyridine rings is 1. The van der Waals surface area contributed by atoms with Crippen LogP contribution in [0.4, 0.5) is 0 Å². The first-order chi connectivity index (χ1) is 8.29. The summed E-state index contributed by atoms with van der Waals surface area (Å²) in [5.74, 6) is 0.626. The van der Waals surface area contributed by atoms with E-state index in [1.165, 1.54) is 6.08 Å². The highest BCUT2D eigenvalue weighted by Crippen LogP contribution is 2.14. The van der Waals surface area contributed by atoms with Gasteiger partial charge in [0.05, 0.1) is 37.0 Å². The monoisotopic (exact) mass is 232 g/mol. The summed E-state index contributed by atoms with van der Waals surface area (Å²) >= 11 is 0. The van der Waals surface area contributed by atoms with E-state index in [9.17, 15) is 0 Å². The van der Waals surface area contributed by atoms with Crippen LogP contribution in [0.15, 0.2) is 24.4 Å². The lowest BCUT2D eigenvalue weighted by Gasteiger charge is -2.11. The van der Waals surface area contributed by atoms with Gasteiger partial charge in [0.15, 0.2) is 6.23 Å². The average molecular weight is 232 g/mol. The largest absolute Gasteiger partial charge is 0.471 e. The third kappa shape index (κ3) is 2.93. The molecule has 1 unspecified atom stereocenters. The Morgan fingerprint density at radius 1 is 1.71 bits per heavy atom. The predicted molar refractivity (Wildman–Crippen MR) is 60.4 cm³/mol. The van der Waals surface area contributed by atoms with Crippen LogP contribution in [0.25, 0.3) is 5.70 Å². The van der Waals surface area contributed by atoms with Gasteiger partial charge in [-0.05, 0) is 12.1 Å². The Morgan fingerprint density at radius 3 is 3.18 bits per heavy atom. The van der Waals surface area contributed by atoms with Crippen molar-refractivity contribution in [3.63, 3.8) is 0 Å². The number of hydrogen-bond donors (Lipinski definition) is 2. The van der Waals surface area contributed by atoms with Gasteiger partial charge in [-0.25, -0.2) is 0 Å². The van der Waals surface area contributed by atoms with Gasteiger partial charge in [0, 0.05) is 6.08 Å². The van der Waals surface area contributed by atoms with Gasteiger partial charge in [0.25, 0.3) is 0 Å². The minimum absolute atomic E-state index is 0.144. The molecule has 0 spiro atoms. The molecule has 17 heavy (non-hydrogen) atoms. The summed E-state index contributed by atoms with van der Waals surface area (Å²) in [5.41, 5.74) is 6.51. The lowest BCUT2D eigenvalue weighted by Crippen LogP contribution is -2.29. The van der Waals surface area contributed by atoms with Crippen LogP contribution in [0.1, 0.15) is 5.69 Å². The fourth-order valence-corrected chi connectivity index (χ4v) is 1.38. The Morgan fingerprint density at radius 2 is 2.59 bits per heavy atom. The maximum atomic E-state index is 8.46. The maximum Gasteiger partial charge on any atom is 0.175 e. The normalized spacial score (nSPS) is 19.9. The molecule has 1 aromatic rings. The molecule has 1 aliphatic heterocycles. The molecule has 0 aromatic carbocycles. The number of allylic oxidation sites excluding steroid dienone is 1. The van der Waals surface area contributed by atoms with E-state index in [0.29, 0.717) is 30.5 Å². The third-order valence-electron chi connectivity index (χ3n) is 2.21. The van der Waals surface area contributed by atoms with Crippen LogP contribution in [-0.2, 0) is 4.74 Å².